The zero-order valence-electron chi connectivity index (χ0n) is 23.7. The van der Waals surface area contributed by atoms with Gasteiger partial charge in [-0.25, -0.2) is 0 Å². The molecule has 229 valence electrons. The van der Waals surface area contributed by atoms with E-state index in [1.165, 1.54) is 17.2 Å². The number of thiocarbonyl (C=S) groups is 2. The molecule has 1 radical (unpaired) electrons. The number of aliphatic hydroxyl groups is 3. The van der Waals surface area contributed by atoms with E-state index < -0.39 is 6.29 Å². The molecule has 0 amide bonds. The number of hydrogen-bond acceptors (Lipinski definition) is 9. The first-order valence-electron chi connectivity index (χ1n) is 11.7. The number of isothiocyanates is 2. The van der Waals surface area contributed by atoms with Gasteiger partial charge in [0, 0.05) is 50.6 Å². The molecule has 14 heteroatoms. The van der Waals surface area contributed by atoms with Crippen molar-refractivity contribution in [3.8, 4) is 0 Å². The van der Waals surface area contributed by atoms with Crippen LogP contribution >= 0.6 is 24.4 Å². The summed E-state index contributed by atoms with van der Waals surface area (Å²) in [6.45, 7) is 9.71. The van der Waals surface area contributed by atoms with E-state index in [-0.39, 0.29) is 44.8 Å². The van der Waals surface area contributed by atoms with Gasteiger partial charge in [0.1, 0.15) is 6.29 Å². The number of Topliss-reactive ketones (excluding diaryl/α,β-unsaturated/α-hetero) is 1. The topological polar surface area (TPSA) is 155 Å². The molecule has 0 aromatic rings. The summed E-state index contributed by atoms with van der Waals surface area (Å²) < 4.78 is 0. The molecule has 0 bridgehead atoms. The Morgan fingerprint density at radius 1 is 1.15 bits per heavy atom. The molecule has 1 aliphatic heterocycles. The molecular weight excluding hydrogens is 642 g/mol. The Morgan fingerprint density at radius 2 is 1.68 bits per heavy atom. The average molecular weight is 683 g/mol. The molecule has 0 saturated heterocycles. The van der Waals surface area contributed by atoms with Crippen molar-refractivity contribution in [2.75, 3.05) is 53.9 Å². The van der Waals surface area contributed by atoms with E-state index in [0.717, 1.165) is 43.5 Å². The molecule has 0 fully saturated rings. The summed E-state index contributed by atoms with van der Waals surface area (Å²) in [4.78, 5) is 17.3. The van der Waals surface area contributed by atoms with Crippen LogP contribution in [0.5, 0.6) is 0 Å². The molecular formula is C26H41N6Ni2O4S2+2. The van der Waals surface area contributed by atoms with E-state index in [1.54, 1.807) is 0 Å². The van der Waals surface area contributed by atoms with E-state index >= 15 is 0 Å². The molecule has 40 heavy (non-hydrogen) atoms. The Labute approximate surface area is 270 Å². The molecule has 1 aliphatic carbocycles. The Kier molecular flexibility index (Phi) is 40.4. The van der Waals surface area contributed by atoms with Crippen LogP contribution in [0.4, 0.5) is 0 Å². The number of rotatable bonds is 9. The molecule has 0 aromatic carbocycles. The smallest absolute Gasteiger partial charge is 0.753 e. The summed E-state index contributed by atoms with van der Waals surface area (Å²) in [5.41, 5.74) is 2.70. The van der Waals surface area contributed by atoms with Crippen molar-refractivity contribution in [1.29, 1.82) is 0 Å². The number of likely N-dealkylation sites (N-methyl/N-ethyl adjacent to an activating group) is 2. The van der Waals surface area contributed by atoms with Crippen LogP contribution in [0.1, 0.15) is 20.8 Å². The maximum Gasteiger partial charge on any atom is 3.00 e. The van der Waals surface area contributed by atoms with Crippen molar-refractivity contribution in [3.63, 3.8) is 0 Å². The first kappa shape index (κ1) is 48.1. The molecule has 1 heterocycles. The number of aliphatic hydroxyl groups excluding tert-OH is 2. The Bertz CT molecular complexity index is 868. The van der Waals surface area contributed by atoms with E-state index in [0.29, 0.717) is 13.1 Å². The second-order valence-corrected chi connectivity index (χ2v) is 8.19. The molecule has 0 saturated carbocycles. The fourth-order valence-electron chi connectivity index (χ4n) is 2.90. The van der Waals surface area contributed by atoms with Gasteiger partial charge >= 0.3 is 33.0 Å². The van der Waals surface area contributed by atoms with E-state index in [2.05, 4.69) is 65.9 Å². The van der Waals surface area contributed by atoms with Gasteiger partial charge < -0.3 is 41.7 Å². The quantitative estimate of drug-likeness (QED) is 0.0945. The molecule has 2 rings (SSSR count). The van der Waals surface area contributed by atoms with Gasteiger partial charge in [-0.05, 0) is 46.1 Å². The number of hydrogen-bond donors (Lipinski definition) is 4. The minimum Gasteiger partial charge on any atom is -0.753 e. The van der Waals surface area contributed by atoms with Crippen LogP contribution in [-0.2, 0) is 37.8 Å². The van der Waals surface area contributed by atoms with Gasteiger partial charge in [-0.2, -0.15) is 16.5 Å². The maximum atomic E-state index is 12.8. The number of carbonyl (C=O) groups excluding carboxylic acids is 1. The first-order valence-corrected chi connectivity index (χ1v) is 12.5. The molecule has 0 spiro atoms. The van der Waals surface area contributed by atoms with Crippen molar-refractivity contribution in [3.05, 3.63) is 75.6 Å². The third kappa shape index (κ3) is 29.3. The van der Waals surface area contributed by atoms with E-state index in [9.17, 15) is 4.79 Å². The van der Waals surface area contributed by atoms with Gasteiger partial charge in [0.25, 0.3) is 0 Å². The van der Waals surface area contributed by atoms with Crippen LogP contribution in [-0.4, -0.2) is 107 Å². The van der Waals surface area contributed by atoms with Crippen molar-refractivity contribution in [2.24, 2.45) is 0 Å². The number of ketones is 1. The van der Waals surface area contributed by atoms with Gasteiger partial charge in [-0.1, -0.05) is 61.7 Å². The third-order valence-electron chi connectivity index (χ3n) is 4.44. The zero-order valence-corrected chi connectivity index (χ0v) is 27.3. The van der Waals surface area contributed by atoms with Gasteiger partial charge in [0.05, 0.1) is 0 Å². The summed E-state index contributed by atoms with van der Waals surface area (Å²) in [6, 6.07) is 0.122. The third-order valence-corrected chi connectivity index (χ3v) is 4.44. The van der Waals surface area contributed by atoms with Gasteiger partial charge in [0.2, 0.25) is 0 Å². The minimum atomic E-state index is -1.17. The standard InChI is InChI=1S/C21H31N4O.C2H6O2.2CNS.CH4O.2Ni/c1-5-25(11-10-24(3)4)16-19-13-17(2)12-18(21(19)26)14-22-15-20-8-6-7-9-23-20;1-2(3)4;2*2-1-3;1-2;;/h6-9,12-14,20H,5,10-11,15-16H2,1-4H3,(H,22,26);2-4H,1H3;;;2H,1H3;;/q-1;;2*-1;;+2;+3. The van der Waals surface area contributed by atoms with E-state index in [1.807, 2.05) is 49.7 Å². The van der Waals surface area contributed by atoms with Crippen molar-refractivity contribution in [2.45, 2.75) is 33.1 Å². The van der Waals surface area contributed by atoms with Crippen LogP contribution in [0.3, 0.4) is 0 Å². The van der Waals surface area contributed by atoms with Gasteiger partial charge in [-0.15, -0.1) is 0 Å². The van der Waals surface area contributed by atoms with Crippen LogP contribution in [0, 0.1) is 0 Å². The number of allylic oxidation sites excluding steroid dienone is 6. The molecule has 10 nitrogen and oxygen atoms in total. The summed E-state index contributed by atoms with van der Waals surface area (Å²) in [7, 11) is 5.14. The Morgan fingerprint density at radius 3 is 2.10 bits per heavy atom. The van der Waals surface area contributed by atoms with Crippen molar-refractivity contribution >= 4 is 40.5 Å². The molecule has 4 N–H and O–H groups in total. The number of nitrogens with one attached hydrogen (secondary N) is 1. The second-order valence-electron chi connectivity index (χ2n) is 7.82. The summed E-state index contributed by atoms with van der Waals surface area (Å²) in [6.07, 6.45) is 12.4. The van der Waals surface area contributed by atoms with Crippen LogP contribution in [0.15, 0.2) is 59.5 Å². The van der Waals surface area contributed by atoms with Crippen LogP contribution < -0.4 is 5.32 Å². The predicted octanol–water partition coefficient (Wildman–Crippen LogP) is 2.86. The fourth-order valence-corrected chi connectivity index (χ4v) is 2.90. The summed E-state index contributed by atoms with van der Waals surface area (Å²) in [5, 5.41) is 46.8. The summed E-state index contributed by atoms with van der Waals surface area (Å²) in [5.74, 6) is 0.113. The summed E-state index contributed by atoms with van der Waals surface area (Å²) >= 11 is 7.40. The maximum absolute atomic E-state index is 12.8. The zero-order chi connectivity index (χ0) is 29.9. The van der Waals surface area contributed by atoms with Gasteiger partial charge in [-0.3, -0.25) is 9.69 Å². The fraction of sp³-hybridized carbons (Fsp3) is 0.500. The SMILES string of the molecule is CC(O)O.CCN(CCN(C)C)CC1=CC(C)=CC(=CNCC2C=CC=C[N-]2)C1=O.CO.[N-]=C=S.[N-]=C=S.[Ni+2].[Ni+3]. The predicted molar refractivity (Wildman–Crippen MR) is 163 cm³/mol. The van der Waals surface area contributed by atoms with E-state index in [4.69, 9.17) is 26.1 Å². The molecule has 0 aromatic heterocycles. The monoisotopic (exact) mass is 681 g/mol. The average Bonchev–Trinajstić information content (AvgIpc) is 2.86. The largest absolute Gasteiger partial charge is 3.00 e. The van der Waals surface area contributed by atoms with Crippen LogP contribution in [0.25, 0.3) is 16.1 Å². The Balaban J connectivity index is -0.000000250. The van der Waals surface area contributed by atoms with Crippen molar-refractivity contribution in [1.82, 2.24) is 15.1 Å². The van der Waals surface area contributed by atoms with Gasteiger partial charge in [0.15, 0.2) is 5.78 Å². The molecule has 1 atom stereocenters. The Hall–Kier alpha value is -1.64. The number of carbonyl (C=O) groups is 1. The van der Waals surface area contributed by atoms with Crippen molar-refractivity contribution < 1.29 is 53.1 Å². The van der Waals surface area contributed by atoms with Crippen LogP contribution in [0.2, 0.25) is 0 Å². The molecule has 2 aliphatic rings. The second kappa shape index (κ2) is 33.6. The molecule has 1 unspecified atom stereocenters. The first-order chi connectivity index (χ1) is 18.1. The normalized spacial score (nSPS) is 15.2. The minimum absolute atomic E-state index is 0. The number of nitrogens with zero attached hydrogens (tertiary/aromatic N) is 5.